The quantitative estimate of drug-likeness (QED) is 0.822. The lowest BCUT2D eigenvalue weighted by Crippen LogP contribution is -2.14. The van der Waals surface area contributed by atoms with Gasteiger partial charge < -0.3 is 15.0 Å². The van der Waals surface area contributed by atoms with Crippen molar-refractivity contribution in [3.63, 3.8) is 0 Å². The molecular weight excluding hydrogens is 204 g/mol. The van der Waals surface area contributed by atoms with E-state index in [9.17, 15) is 5.11 Å². The standard InChI is InChI=1S/C11H16N4O/c1-4-8(16)10-13-9-7(5-6-12-9)11(14-10)15(2)3/h5-6,8,16H,4H2,1-3H3,(H,12,13,14). The van der Waals surface area contributed by atoms with Gasteiger partial charge in [-0.15, -0.1) is 0 Å². The molecule has 0 radical (unpaired) electrons. The van der Waals surface area contributed by atoms with Gasteiger partial charge in [-0.2, -0.15) is 0 Å². The smallest absolute Gasteiger partial charge is 0.161 e. The molecule has 2 N–H and O–H groups in total. The zero-order valence-corrected chi connectivity index (χ0v) is 9.73. The Hall–Kier alpha value is -1.62. The first-order valence-electron chi connectivity index (χ1n) is 5.34. The first-order valence-corrected chi connectivity index (χ1v) is 5.34. The molecule has 1 atom stereocenters. The molecule has 0 aromatic carbocycles. The molecule has 0 spiro atoms. The number of aromatic amines is 1. The maximum atomic E-state index is 9.78. The zero-order chi connectivity index (χ0) is 11.7. The third kappa shape index (κ3) is 1.74. The molecule has 2 rings (SSSR count). The molecule has 1 unspecified atom stereocenters. The minimum Gasteiger partial charge on any atom is -0.385 e. The van der Waals surface area contributed by atoms with Crippen LogP contribution < -0.4 is 4.90 Å². The van der Waals surface area contributed by atoms with Gasteiger partial charge in [0.1, 0.15) is 17.6 Å². The fraction of sp³-hybridized carbons (Fsp3) is 0.455. The van der Waals surface area contributed by atoms with Crippen molar-refractivity contribution in [3.8, 4) is 0 Å². The van der Waals surface area contributed by atoms with E-state index in [-0.39, 0.29) is 0 Å². The van der Waals surface area contributed by atoms with E-state index in [1.54, 1.807) is 0 Å². The summed E-state index contributed by atoms with van der Waals surface area (Å²) in [5.41, 5.74) is 0.765. The van der Waals surface area contributed by atoms with Crippen molar-refractivity contribution in [1.82, 2.24) is 15.0 Å². The number of nitrogens with one attached hydrogen (secondary N) is 1. The van der Waals surface area contributed by atoms with Crippen LogP contribution >= 0.6 is 0 Å². The van der Waals surface area contributed by atoms with Crippen LogP contribution in [0.3, 0.4) is 0 Å². The van der Waals surface area contributed by atoms with E-state index < -0.39 is 6.10 Å². The minimum atomic E-state index is -0.605. The Labute approximate surface area is 94.1 Å². The fourth-order valence-corrected chi connectivity index (χ4v) is 1.61. The van der Waals surface area contributed by atoms with Crippen molar-refractivity contribution in [3.05, 3.63) is 18.1 Å². The third-order valence-electron chi connectivity index (χ3n) is 2.52. The van der Waals surface area contributed by atoms with Crippen LogP contribution in [0, 0.1) is 0 Å². The highest BCUT2D eigenvalue weighted by Gasteiger charge is 2.14. The van der Waals surface area contributed by atoms with Gasteiger partial charge in [0.2, 0.25) is 0 Å². The van der Waals surface area contributed by atoms with Crippen molar-refractivity contribution in [1.29, 1.82) is 0 Å². The fourth-order valence-electron chi connectivity index (χ4n) is 1.61. The molecule has 0 saturated heterocycles. The second kappa shape index (κ2) is 4.09. The summed E-state index contributed by atoms with van der Waals surface area (Å²) in [6, 6.07) is 1.94. The lowest BCUT2D eigenvalue weighted by Gasteiger charge is -2.15. The first kappa shape index (κ1) is 10.9. The van der Waals surface area contributed by atoms with Crippen molar-refractivity contribution >= 4 is 16.9 Å². The van der Waals surface area contributed by atoms with Gasteiger partial charge in [-0.3, -0.25) is 0 Å². The molecule has 5 nitrogen and oxygen atoms in total. The van der Waals surface area contributed by atoms with Gasteiger partial charge in [0.15, 0.2) is 5.82 Å². The second-order valence-electron chi connectivity index (χ2n) is 3.96. The molecule has 0 bridgehead atoms. The van der Waals surface area contributed by atoms with Crippen LogP contribution in [0.25, 0.3) is 11.0 Å². The van der Waals surface area contributed by atoms with Crippen molar-refractivity contribution < 1.29 is 5.11 Å². The average Bonchev–Trinajstić information content (AvgIpc) is 2.74. The molecule has 16 heavy (non-hydrogen) atoms. The lowest BCUT2D eigenvalue weighted by atomic mass is 10.2. The van der Waals surface area contributed by atoms with Crippen LogP contribution in [0.4, 0.5) is 5.82 Å². The Bertz CT molecular complexity index is 492. The maximum Gasteiger partial charge on any atom is 0.161 e. The summed E-state index contributed by atoms with van der Waals surface area (Å²) in [5.74, 6) is 1.30. The summed E-state index contributed by atoms with van der Waals surface area (Å²) in [5, 5.41) is 10.7. The van der Waals surface area contributed by atoms with Gasteiger partial charge in [0.05, 0.1) is 5.39 Å². The molecule has 0 saturated carbocycles. The summed E-state index contributed by atoms with van der Waals surface area (Å²) in [6.07, 6.45) is 1.83. The summed E-state index contributed by atoms with van der Waals surface area (Å²) < 4.78 is 0. The number of hydrogen-bond donors (Lipinski definition) is 2. The van der Waals surface area contributed by atoms with Gasteiger partial charge in [-0.1, -0.05) is 6.92 Å². The number of hydrogen-bond acceptors (Lipinski definition) is 4. The molecule has 2 aromatic heterocycles. The van der Waals surface area contributed by atoms with Crippen LogP contribution in [-0.4, -0.2) is 34.2 Å². The van der Waals surface area contributed by atoms with Gasteiger partial charge in [-0.25, -0.2) is 9.97 Å². The lowest BCUT2D eigenvalue weighted by molar-refractivity contribution is 0.164. The molecule has 0 aliphatic carbocycles. The van der Waals surface area contributed by atoms with E-state index in [2.05, 4.69) is 15.0 Å². The van der Waals surface area contributed by atoms with Gasteiger partial charge in [0, 0.05) is 20.3 Å². The largest absolute Gasteiger partial charge is 0.385 e. The second-order valence-corrected chi connectivity index (χ2v) is 3.96. The van der Waals surface area contributed by atoms with Crippen LogP contribution in [0.1, 0.15) is 25.3 Å². The first-order chi connectivity index (χ1) is 7.63. The Kier molecular flexibility index (Phi) is 2.78. The highest BCUT2D eigenvalue weighted by molar-refractivity contribution is 5.87. The molecule has 0 aliphatic rings. The number of aromatic nitrogens is 3. The van der Waals surface area contributed by atoms with Gasteiger partial charge in [-0.05, 0) is 12.5 Å². The van der Waals surface area contributed by atoms with E-state index in [4.69, 9.17) is 0 Å². The van der Waals surface area contributed by atoms with E-state index in [1.165, 1.54) is 0 Å². The summed E-state index contributed by atoms with van der Waals surface area (Å²) >= 11 is 0. The van der Waals surface area contributed by atoms with E-state index in [0.29, 0.717) is 12.2 Å². The van der Waals surface area contributed by atoms with Crippen LogP contribution in [0.5, 0.6) is 0 Å². The molecule has 2 aromatic rings. The third-order valence-corrected chi connectivity index (χ3v) is 2.52. The number of H-pyrrole nitrogens is 1. The number of anilines is 1. The minimum absolute atomic E-state index is 0.473. The van der Waals surface area contributed by atoms with E-state index in [1.807, 2.05) is 38.2 Å². The highest BCUT2D eigenvalue weighted by Crippen LogP contribution is 2.24. The average molecular weight is 220 g/mol. The number of nitrogens with zero attached hydrogens (tertiary/aromatic N) is 3. The van der Waals surface area contributed by atoms with E-state index >= 15 is 0 Å². The SMILES string of the molecule is CCC(O)c1nc(N(C)C)c2cc[nH]c2n1. The molecule has 86 valence electrons. The highest BCUT2D eigenvalue weighted by atomic mass is 16.3. The maximum absolute atomic E-state index is 9.78. The van der Waals surface area contributed by atoms with Crippen LogP contribution in [0.15, 0.2) is 12.3 Å². The molecule has 5 heteroatoms. The van der Waals surface area contributed by atoms with E-state index in [0.717, 1.165) is 16.9 Å². The van der Waals surface area contributed by atoms with Crippen molar-refractivity contribution in [2.75, 3.05) is 19.0 Å². The Morgan fingerprint density at radius 1 is 1.44 bits per heavy atom. The Morgan fingerprint density at radius 3 is 2.81 bits per heavy atom. The zero-order valence-electron chi connectivity index (χ0n) is 9.73. The van der Waals surface area contributed by atoms with Crippen LogP contribution in [0.2, 0.25) is 0 Å². The summed E-state index contributed by atoms with van der Waals surface area (Å²) in [7, 11) is 3.85. The Balaban J connectivity index is 2.61. The number of fused-ring (bicyclic) bond motifs is 1. The number of rotatable bonds is 3. The normalized spacial score (nSPS) is 13.0. The number of aliphatic hydroxyl groups excluding tert-OH is 1. The van der Waals surface area contributed by atoms with Crippen molar-refractivity contribution in [2.24, 2.45) is 0 Å². The summed E-state index contributed by atoms with van der Waals surface area (Å²) in [6.45, 7) is 1.91. The summed E-state index contributed by atoms with van der Waals surface area (Å²) in [4.78, 5) is 13.7. The molecular formula is C11H16N4O. The van der Waals surface area contributed by atoms with Gasteiger partial charge >= 0.3 is 0 Å². The van der Waals surface area contributed by atoms with Crippen molar-refractivity contribution in [2.45, 2.75) is 19.4 Å². The Morgan fingerprint density at radius 2 is 2.19 bits per heavy atom. The molecule has 0 fully saturated rings. The predicted octanol–water partition coefficient (Wildman–Crippen LogP) is 1.47. The predicted molar refractivity (Wildman–Crippen MR) is 63.5 cm³/mol. The number of aliphatic hydroxyl groups is 1. The van der Waals surface area contributed by atoms with Gasteiger partial charge in [0.25, 0.3) is 0 Å². The topological polar surface area (TPSA) is 65.0 Å². The van der Waals surface area contributed by atoms with Crippen LogP contribution in [-0.2, 0) is 0 Å². The molecule has 0 aliphatic heterocycles. The monoisotopic (exact) mass is 220 g/mol. The molecule has 0 amide bonds. The molecule has 2 heterocycles.